The number of fused-ring (bicyclic) bond motifs is 1. The quantitative estimate of drug-likeness (QED) is 0.709. The number of hydrogen-bond acceptors (Lipinski definition) is 6. The summed E-state index contributed by atoms with van der Waals surface area (Å²) >= 11 is 0. The molecule has 3 N–H and O–H groups in total. The number of aromatic nitrogens is 4. The van der Waals surface area contributed by atoms with E-state index < -0.39 is 10.0 Å². The second-order valence-corrected chi connectivity index (χ2v) is 6.65. The molecule has 0 saturated heterocycles. The van der Waals surface area contributed by atoms with Crippen molar-refractivity contribution in [3.05, 3.63) is 42.4 Å². The Morgan fingerprint density at radius 2 is 1.96 bits per heavy atom. The van der Waals surface area contributed by atoms with Crippen LogP contribution in [0.15, 0.2) is 41.7 Å². The maximum atomic E-state index is 11.2. The zero-order valence-corrected chi connectivity index (χ0v) is 13.3. The van der Waals surface area contributed by atoms with Gasteiger partial charge in [0.05, 0.1) is 16.5 Å². The molecule has 2 aromatic heterocycles. The molecule has 9 heteroatoms. The molecule has 120 valence electrons. The fourth-order valence-electron chi connectivity index (χ4n) is 2.27. The highest BCUT2D eigenvalue weighted by Gasteiger charge is 2.08. The minimum Gasteiger partial charge on any atom is -0.369 e. The molecule has 23 heavy (non-hydrogen) atoms. The number of aryl methyl sites for hydroxylation is 1. The topological polar surface area (TPSA) is 116 Å². The standard InChI is InChI=1S/C14H16N6O2S/c1-20-14-12(8-19-20)13(17-9-18-14)16-7-6-10-2-4-11(5-3-10)23(15,21)22/h2-5,8-9H,6-7H2,1H3,(H2,15,21,22)(H,16,17,18). The first-order chi connectivity index (χ1) is 10.9. The number of anilines is 1. The Morgan fingerprint density at radius 3 is 2.65 bits per heavy atom. The third-order valence-corrected chi connectivity index (χ3v) is 4.42. The smallest absolute Gasteiger partial charge is 0.238 e. The summed E-state index contributed by atoms with van der Waals surface area (Å²) in [7, 11) is -1.82. The highest BCUT2D eigenvalue weighted by atomic mass is 32.2. The molecule has 0 aliphatic heterocycles. The molecule has 1 aromatic carbocycles. The van der Waals surface area contributed by atoms with Crippen LogP contribution in [0.5, 0.6) is 0 Å². The van der Waals surface area contributed by atoms with Crippen LogP contribution in [-0.2, 0) is 23.5 Å². The number of sulfonamides is 1. The van der Waals surface area contributed by atoms with Gasteiger partial charge >= 0.3 is 0 Å². The van der Waals surface area contributed by atoms with Crippen LogP contribution in [-0.4, -0.2) is 34.7 Å². The summed E-state index contributed by atoms with van der Waals surface area (Å²) in [4.78, 5) is 8.52. The van der Waals surface area contributed by atoms with Gasteiger partial charge in [0.2, 0.25) is 10.0 Å². The van der Waals surface area contributed by atoms with Crippen molar-refractivity contribution in [1.82, 2.24) is 19.7 Å². The Balaban J connectivity index is 1.67. The lowest BCUT2D eigenvalue weighted by atomic mass is 10.1. The Bertz CT molecular complexity index is 934. The van der Waals surface area contributed by atoms with Crippen molar-refractivity contribution in [2.75, 3.05) is 11.9 Å². The van der Waals surface area contributed by atoms with E-state index in [9.17, 15) is 8.42 Å². The molecular weight excluding hydrogens is 316 g/mol. The van der Waals surface area contributed by atoms with Gasteiger partial charge in [0.25, 0.3) is 0 Å². The number of benzene rings is 1. The lowest BCUT2D eigenvalue weighted by molar-refractivity contribution is 0.598. The summed E-state index contributed by atoms with van der Waals surface area (Å²) < 4.78 is 24.1. The molecular formula is C14H16N6O2S. The molecule has 0 fully saturated rings. The summed E-state index contributed by atoms with van der Waals surface area (Å²) in [5.41, 5.74) is 1.77. The molecule has 0 spiro atoms. The third-order valence-electron chi connectivity index (χ3n) is 3.49. The molecule has 0 aliphatic carbocycles. The van der Waals surface area contributed by atoms with Crippen molar-refractivity contribution >= 4 is 26.9 Å². The molecule has 0 bridgehead atoms. The fourth-order valence-corrected chi connectivity index (χ4v) is 2.79. The van der Waals surface area contributed by atoms with Crippen LogP contribution in [0.3, 0.4) is 0 Å². The van der Waals surface area contributed by atoms with Crippen LogP contribution >= 0.6 is 0 Å². The number of nitrogens with two attached hydrogens (primary N) is 1. The highest BCUT2D eigenvalue weighted by Crippen LogP contribution is 2.17. The monoisotopic (exact) mass is 332 g/mol. The average molecular weight is 332 g/mol. The lowest BCUT2D eigenvalue weighted by Crippen LogP contribution is -2.12. The molecule has 0 amide bonds. The molecule has 8 nitrogen and oxygen atoms in total. The van der Waals surface area contributed by atoms with Crippen molar-refractivity contribution in [1.29, 1.82) is 0 Å². The van der Waals surface area contributed by atoms with Gasteiger partial charge in [0.1, 0.15) is 12.1 Å². The van der Waals surface area contributed by atoms with Gasteiger partial charge in [0.15, 0.2) is 5.65 Å². The van der Waals surface area contributed by atoms with Crippen LogP contribution in [0.1, 0.15) is 5.56 Å². The highest BCUT2D eigenvalue weighted by molar-refractivity contribution is 7.89. The van der Waals surface area contributed by atoms with E-state index in [1.165, 1.54) is 18.5 Å². The van der Waals surface area contributed by atoms with E-state index >= 15 is 0 Å². The average Bonchev–Trinajstić information content (AvgIpc) is 2.90. The maximum absolute atomic E-state index is 11.2. The van der Waals surface area contributed by atoms with Gasteiger partial charge in [-0.2, -0.15) is 5.10 Å². The normalized spacial score (nSPS) is 11.7. The number of nitrogens with zero attached hydrogens (tertiary/aromatic N) is 4. The van der Waals surface area contributed by atoms with Gasteiger partial charge in [0, 0.05) is 13.6 Å². The summed E-state index contributed by atoms with van der Waals surface area (Å²) in [6.45, 7) is 0.649. The van der Waals surface area contributed by atoms with Crippen LogP contribution in [0.4, 0.5) is 5.82 Å². The van der Waals surface area contributed by atoms with Gasteiger partial charge in [-0.1, -0.05) is 12.1 Å². The molecule has 0 saturated carbocycles. The van der Waals surface area contributed by atoms with Gasteiger partial charge < -0.3 is 5.32 Å². The number of hydrogen-bond donors (Lipinski definition) is 2. The largest absolute Gasteiger partial charge is 0.369 e. The van der Waals surface area contributed by atoms with E-state index in [1.54, 1.807) is 23.0 Å². The minimum absolute atomic E-state index is 0.113. The van der Waals surface area contributed by atoms with E-state index in [1.807, 2.05) is 7.05 Å². The van der Waals surface area contributed by atoms with Gasteiger partial charge in [-0.15, -0.1) is 0 Å². The van der Waals surface area contributed by atoms with Crippen molar-refractivity contribution in [3.63, 3.8) is 0 Å². The second kappa shape index (κ2) is 5.94. The summed E-state index contributed by atoms with van der Waals surface area (Å²) in [5, 5.41) is 13.3. The summed E-state index contributed by atoms with van der Waals surface area (Å²) in [6, 6.07) is 6.52. The van der Waals surface area contributed by atoms with E-state index in [0.717, 1.165) is 28.8 Å². The van der Waals surface area contributed by atoms with Crippen molar-refractivity contribution in [2.24, 2.45) is 12.2 Å². The zero-order valence-electron chi connectivity index (χ0n) is 12.5. The first-order valence-electron chi connectivity index (χ1n) is 6.93. The first-order valence-corrected chi connectivity index (χ1v) is 8.48. The second-order valence-electron chi connectivity index (χ2n) is 5.09. The first kappa shape index (κ1) is 15.4. The molecule has 0 unspecified atom stereocenters. The summed E-state index contributed by atoms with van der Waals surface area (Å²) in [6.07, 6.45) is 3.93. The molecule has 0 atom stereocenters. The molecule has 3 aromatic rings. The van der Waals surface area contributed by atoms with Gasteiger partial charge in [-0.25, -0.2) is 23.5 Å². The van der Waals surface area contributed by atoms with Crippen molar-refractivity contribution in [2.45, 2.75) is 11.3 Å². The Kier molecular flexibility index (Phi) is 3.97. The van der Waals surface area contributed by atoms with E-state index in [-0.39, 0.29) is 4.90 Å². The predicted molar refractivity (Wildman–Crippen MR) is 86.3 cm³/mol. The van der Waals surface area contributed by atoms with Crippen molar-refractivity contribution in [3.8, 4) is 0 Å². The molecule has 3 rings (SSSR count). The number of primary sulfonamides is 1. The Labute approximate surface area is 133 Å². The van der Waals surface area contributed by atoms with E-state index in [2.05, 4.69) is 20.4 Å². The number of rotatable bonds is 5. The molecule has 0 radical (unpaired) electrons. The van der Waals surface area contributed by atoms with Gasteiger partial charge in [-0.05, 0) is 24.1 Å². The van der Waals surface area contributed by atoms with E-state index in [4.69, 9.17) is 5.14 Å². The van der Waals surface area contributed by atoms with Crippen LogP contribution in [0, 0.1) is 0 Å². The van der Waals surface area contributed by atoms with Crippen LogP contribution < -0.4 is 10.5 Å². The lowest BCUT2D eigenvalue weighted by Gasteiger charge is -2.07. The maximum Gasteiger partial charge on any atom is 0.238 e. The van der Waals surface area contributed by atoms with Crippen molar-refractivity contribution < 1.29 is 8.42 Å². The third kappa shape index (κ3) is 3.30. The fraction of sp³-hybridized carbons (Fsp3) is 0.214. The molecule has 2 heterocycles. The Morgan fingerprint density at radius 1 is 1.22 bits per heavy atom. The zero-order chi connectivity index (χ0) is 16.4. The predicted octanol–water partition coefficient (Wildman–Crippen LogP) is 0.665. The SMILES string of the molecule is Cn1ncc2c(NCCc3ccc(S(N)(=O)=O)cc3)ncnc21. The van der Waals surface area contributed by atoms with Gasteiger partial charge in [-0.3, -0.25) is 4.68 Å². The van der Waals surface area contributed by atoms with Crippen LogP contribution in [0.25, 0.3) is 11.0 Å². The van der Waals surface area contributed by atoms with Crippen LogP contribution in [0.2, 0.25) is 0 Å². The minimum atomic E-state index is -3.65. The summed E-state index contributed by atoms with van der Waals surface area (Å²) in [5.74, 6) is 0.726. The number of nitrogens with one attached hydrogen (secondary N) is 1. The molecule has 0 aliphatic rings. The van der Waals surface area contributed by atoms with E-state index in [0.29, 0.717) is 6.54 Å². The Hall–Kier alpha value is -2.52.